The minimum Gasteiger partial charge on any atom is -0.493 e. The number of amides is 1. The third-order valence-electron chi connectivity index (χ3n) is 6.60. The van der Waals surface area contributed by atoms with Crippen LogP contribution < -0.4 is 14.8 Å². The van der Waals surface area contributed by atoms with Crippen molar-refractivity contribution in [3.63, 3.8) is 0 Å². The van der Waals surface area contributed by atoms with Crippen LogP contribution in [0, 0.1) is 19.8 Å². The number of hydrogen-bond acceptors (Lipinski definition) is 6. The van der Waals surface area contributed by atoms with Gasteiger partial charge in [0.05, 0.1) is 18.4 Å². The number of carbonyl (C=O) groups excluding carboxylic acids is 1. The second kappa shape index (κ2) is 11.4. The van der Waals surface area contributed by atoms with Gasteiger partial charge in [-0.1, -0.05) is 36.3 Å². The van der Waals surface area contributed by atoms with E-state index in [9.17, 15) is 4.79 Å². The zero-order chi connectivity index (χ0) is 24.8. The number of nitrogens with one attached hydrogen (secondary N) is 1. The van der Waals surface area contributed by atoms with E-state index >= 15 is 0 Å². The lowest BCUT2D eigenvalue weighted by Crippen LogP contribution is -2.33. The van der Waals surface area contributed by atoms with Crippen molar-refractivity contribution >= 4 is 5.91 Å². The van der Waals surface area contributed by atoms with E-state index in [0.717, 1.165) is 35.0 Å². The molecule has 1 N–H and O–H groups in total. The Bertz CT molecular complexity index is 1120. The first-order valence-corrected chi connectivity index (χ1v) is 12.2. The van der Waals surface area contributed by atoms with Crippen LogP contribution in [0.1, 0.15) is 58.3 Å². The van der Waals surface area contributed by atoms with Gasteiger partial charge in [0.1, 0.15) is 12.4 Å². The highest BCUT2D eigenvalue weighted by Crippen LogP contribution is 2.29. The topological polar surface area (TPSA) is 76.8 Å². The summed E-state index contributed by atoms with van der Waals surface area (Å²) in [6, 6.07) is 13.7. The zero-order valence-electron chi connectivity index (χ0n) is 21.1. The summed E-state index contributed by atoms with van der Waals surface area (Å²) in [4.78, 5) is 15.3. The lowest BCUT2D eigenvalue weighted by molar-refractivity contribution is 0.0950. The van der Waals surface area contributed by atoms with Gasteiger partial charge < -0.3 is 19.3 Å². The summed E-state index contributed by atoms with van der Waals surface area (Å²) in [5.41, 5.74) is 4.60. The monoisotopic (exact) mass is 477 g/mol. The molecule has 2 heterocycles. The maximum Gasteiger partial charge on any atom is 0.251 e. The average Bonchev–Trinajstić information content (AvgIpc) is 3.18. The summed E-state index contributed by atoms with van der Waals surface area (Å²) in [5, 5.41) is 6.94. The van der Waals surface area contributed by atoms with Gasteiger partial charge in [0, 0.05) is 25.2 Å². The van der Waals surface area contributed by atoms with Crippen LogP contribution in [0.4, 0.5) is 0 Å². The molecule has 3 aromatic rings. The molecule has 0 aliphatic carbocycles. The first-order chi connectivity index (χ1) is 16.9. The molecule has 2 aromatic carbocycles. The molecule has 1 fully saturated rings. The summed E-state index contributed by atoms with van der Waals surface area (Å²) in [6.07, 6.45) is 2.61. The van der Waals surface area contributed by atoms with Gasteiger partial charge in [0.25, 0.3) is 5.91 Å². The van der Waals surface area contributed by atoms with Gasteiger partial charge in [0.2, 0.25) is 0 Å². The molecule has 0 bridgehead atoms. The second-order valence-corrected chi connectivity index (χ2v) is 9.44. The summed E-state index contributed by atoms with van der Waals surface area (Å²) in [7, 11) is 1.56. The van der Waals surface area contributed by atoms with E-state index in [4.69, 9.17) is 14.0 Å². The minimum absolute atomic E-state index is 0.160. The van der Waals surface area contributed by atoms with E-state index in [-0.39, 0.29) is 5.91 Å². The number of aromatic nitrogens is 1. The van der Waals surface area contributed by atoms with Gasteiger partial charge in [-0.15, -0.1) is 0 Å². The molecule has 0 spiro atoms. The number of carbonyl (C=O) groups is 1. The highest BCUT2D eigenvalue weighted by Gasteiger charge is 2.17. The van der Waals surface area contributed by atoms with Gasteiger partial charge in [0.15, 0.2) is 11.5 Å². The lowest BCUT2D eigenvalue weighted by Gasteiger charge is -2.30. The van der Waals surface area contributed by atoms with Crippen molar-refractivity contribution in [3.05, 3.63) is 76.2 Å². The van der Waals surface area contributed by atoms with Crippen LogP contribution in [-0.2, 0) is 19.7 Å². The molecule has 1 amide bonds. The molecule has 35 heavy (non-hydrogen) atoms. The predicted molar refractivity (Wildman–Crippen MR) is 135 cm³/mol. The first-order valence-electron chi connectivity index (χ1n) is 12.2. The predicted octanol–water partition coefficient (Wildman–Crippen LogP) is 5.04. The summed E-state index contributed by atoms with van der Waals surface area (Å²) in [5.74, 6) is 2.40. The highest BCUT2D eigenvalue weighted by atomic mass is 16.5. The Morgan fingerprint density at radius 3 is 2.60 bits per heavy atom. The number of ether oxygens (including phenoxy) is 2. The molecule has 0 saturated carbocycles. The molecule has 7 nitrogen and oxygen atoms in total. The van der Waals surface area contributed by atoms with Crippen molar-refractivity contribution in [3.8, 4) is 11.5 Å². The van der Waals surface area contributed by atoms with Crippen LogP contribution in [0.25, 0.3) is 0 Å². The standard InChI is InChI=1S/C28H35N3O4/c1-19-6-5-13-31(16-19)17-23-9-7-22(8-10-23)15-29-28(32)24-11-12-26(27(14-24)33-4)34-18-25-20(2)30-35-21(25)3/h7-12,14,19H,5-6,13,15-18H2,1-4H3,(H,29,32). The number of likely N-dealkylation sites (tertiary alicyclic amines) is 1. The van der Waals surface area contributed by atoms with E-state index in [0.29, 0.717) is 30.2 Å². The Hall–Kier alpha value is -3.32. The Morgan fingerprint density at radius 2 is 1.91 bits per heavy atom. The molecule has 1 saturated heterocycles. The molecular weight excluding hydrogens is 442 g/mol. The van der Waals surface area contributed by atoms with Gasteiger partial charge in [-0.25, -0.2) is 0 Å². The normalized spacial score (nSPS) is 16.2. The third kappa shape index (κ3) is 6.42. The van der Waals surface area contributed by atoms with Crippen molar-refractivity contribution in [2.45, 2.75) is 53.3 Å². The smallest absolute Gasteiger partial charge is 0.251 e. The van der Waals surface area contributed by atoms with Crippen LogP contribution in [0.3, 0.4) is 0 Å². The quantitative estimate of drug-likeness (QED) is 0.465. The van der Waals surface area contributed by atoms with E-state index < -0.39 is 0 Å². The molecule has 4 rings (SSSR count). The van der Waals surface area contributed by atoms with Crippen molar-refractivity contribution in [2.24, 2.45) is 5.92 Å². The molecule has 0 radical (unpaired) electrons. The van der Waals surface area contributed by atoms with E-state index in [2.05, 4.69) is 46.6 Å². The summed E-state index contributed by atoms with van der Waals surface area (Å²) < 4.78 is 16.6. The van der Waals surface area contributed by atoms with Gasteiger partial charge in [-0.2, -0.15) is 0 Å². The Labute approximate surface area is 207 Å². The number of aryl methyl sites for hydroxylation is 2. The van der Waals surface area contributed by atoms with E-state index in [1.54, 1.807) is 25.3 Å². The maximum atomic E-state index is 12.8. The molecule has 7 heteroatoms. The third-order valence-corrected chi connectivity index (χ3v) is 6.60. The van der Waals surface area contributed by atoms with Gasteiger partial charge >= 0.3 is 0 Å². The minimum atomic E-state index is -0.160. The van der Waals surface area contributed by atoms with Crippen LogP contribution in [-0.4, -0.2) is 36.2 Å². The first kappa shape index (κ1) is 24.8. The van der Waals surface area contributed by atoms with Crippen LogP contribution >= 0.6 is 0 Å². The van der Waals surface area contributed by atoms with Crippen LogP contribution in [0.2, 0.25) is 0 Å². The van der Waals surface area contributed by atoms with Crippen LogP contribution in [0.5, 0.6) is 11.5 Å². The van der Waals surface area contributed by atoms with E-state index in [1.807, 2.05) is 13.8 Å². The van der Waals surface area contributed by atoms with Gasteiger partial charge in [-0.3, -0.25) is 9.69 Å². The molecule has 1 atom stereocenters. The molecule has 1 unspecified atom stereocenters. The average molecular weight is 478 g/mol. The highest BCUT2D eigenvalue weighted by molar-refractivity contribution is 5.94. The van der Waals surface area contributed by atoms with Crippen molar-refractivity contribution in [1.29, 1.82) is 0 Å². The SMILES string of the molecule is COc1cc(C(=O)NCc2ccc(CN3CCCC(C)C3)cc2)ccc1OCc1c(C)noc1C. The maximum absolute atomic E-state index is 12.8. The Balaban J connectivity index is 1.31. The number of rotatable bonds is 9. The largest absolute Gasteiger partial charge is 0.493 e. The molecule has 1 aliphatic rings. The second-order valence-electron chi connectivity index (χ2n) is 9.44. The summed E-state index contributed by atoms with van der Waals surface area (Å²) in [6.45, 7) is 10.2. The lowest BCUT2D eigenvalue weighted by atomic mass is 9.99. The fourth-order valence-corrected chi connectivity index (χ4v) is 4.52. The Morgan fingerprint density at radius 1 is 1.14 bits per heavy atom. The number of nitrogens with zero attached hydrogens (tertiary/aromatic N) is 2. The van der Waals surface area contributed by atoms with Gasteiger partial charge in [-0.05, 0) is 68.5 Å². The molecule has 186 valence electrons. The number of benzene rings is 2. The fraction of sp³-hybridized carbons (Fsp3) is 0.429. The number of piperidine rings is 1. The molecular formula is C28H35N3O4. The molecule has 1 aromatic heterocycles. The summed E-state index contributed by atoms with van der Waals surface area (Å²) >= 11 is 0. The Kier molecular flexibility index (Phi) is 8.08. The zero-order valence-corrected chi connectivity index (χ0v) is 21.1. The number of hydrogen-bond donors (Lipinski definition) is 1. The number of methoxy groups -OCH3 is 1. The van der Waals surface area contributed by atoms with Crippen molar-refractivity contribution in [2.75, 3.05) is 20.2 Å². The van der Waals surface area contributed by atoms with Crippen LogP contribution in [0.15, 0.2) is 47.0 Å². The van der Waals surface area contributed by atoms with Crippen molar-refractivity contribution < 1.29 is 18.8 Å². The molecule has 1 aliphatic heterocycles. The van der Waals surface area contributed by atoms with Crippen molar-refractivity contribution in [1.82, 2.24) is 15.4 Å². The fourth-order valence-electron chi connectivity index (χ4n) is 4.52. The van der Waals surface area contributed by atoms with E-state index in [1.165, 1.54) is 31.5 Å².